The summed E-state index contributed by atoms with van der Waals surface area (Å²) in [5.41, 5.74) is 2.70. The topological polar surface area (TPSA) is 86.8 Å². The molecule has 0 unspecified atom stereocenters. The van der Waals surface area contributed by atoms with Gasteiger partial charge in [-0.05, 0) is 75.9 Å². The molecule has 1 N–H and O–H groups in total. The van der Waals surface area contributed by atoms with Gasteiger partial charge in [-0.1, -0.05) is 74.0 Å². The van der Waals surface area contributed by atoms with Gasteiger partial charge in [0.05, 0.1) is 10.6 Å². The van der Waals surface area contributed by atoms with E-state index in [-0.39, 0.29) is 23.3 Å². The lowest BCUT2D eigenvalue weighted by molar-refractivity contribution is -0.140. The van der Waals surface area contributed by atoms with Crippen molar-refractivity contribution in [1.29, 1.82) is 0 Å². The molecule has 0 saturated heterocycles. The molecule has 40 heavy (non-hydrogen) atoms. The summed E-state index contributed by atoms with van der Waals surface area (Å²) in [6.45, 7) is 13.0. The van der Waals surface area contributed by atoms with Crippen molar-refractivity contribution in [3.05, 3.63) is 95.6 Å². The number of nitrogens with zero attached hydrogens (tertiary/aromatic N) is 2. The third-order valence-electron chi connectivity index (χ3n) is 6.60. The third-order valence-corrected chi connectivity index (χ3v) is 8.38. The molecule has 3 aromatic rings. The second-order valence-corrected chi connectivity index (χ2v) is 13.4. The van der Waals surface area contributed by atoms with Gasteiger partial charge < -0.3 is 10.2 Å². The highest BCUT2D eigenvalue weighted by Gasteiger charge is 2.33. The molecule has 0 saturated carbocycles. The quantitative estimate of drug-likeness (QED) is 0.346. The molecule has 0 spiro atoms. The summed E-state index contributed by atoms with van der Waals surface area (Å²) in [6, 6.07) is 22.3. The Hall–Kier alpha value is -3.65. The van der Waals surface area contributed by atoms with Crippen molar-refractivity contribution in [3.8, 4) is 0 Å². The summed E-state index contributed by atoms with van der Waals surface area (Å²) < 4.78 is 29.0. The maximum Gasteiger partial charge on any atom is 0.264 e. The Kier molecular flexibility index (Phi) is 9.79. The molecule has 0 heterocycles. The first kappa shape index (κ1) is 30.9. The van der Waals surface area contributed by atoms with Gasteiger partial charge in [0.25, 0.3) is 10.0 Å². The molecule has 0 aliphatic rings. The predicted molar refractivity (Wildman–Crippen MR) is 161 cm³/mol. The number of amides is 2. The summed E-state index contributed by atoms with van der Waals surface area (Å²) in [6.07, 6.45) is 0. The molecule has 1 atom stereocenters. The molecule has 214 valence electrons. The van der Waals surface area contributed by atoms with Gasteiger partial charge in [-0.3, -0.25) is 13.9 Å². The molecular formula is C32H41N3O4S. The minimum absolute atomic E-state index is 0.0898. The van der Waals surface area contributed by atoms with E-state index in [0.29, 0.717) is 5.69 Å². The number of carbonyl (C=O) groups excluding carboxylic acids is 2. The Morgan fingerprint density at radius 3 is 1.95 bits per heavy atom. The zero-order chi connectivity index (χ0) is 29.7. The van der Waals surface area contributed by atoms with Crippen LogP contribution in [0.25, 0.3) is 0 Å². The molecule has 0 radical (unpaired) electrons. The van der Waals surface area contributed by atoms with Crippen molar-refractivity contribution in [3.63, 3.8) is 0 Å². The molecule has 0 aliphatic carbocycles. The molecule has 0 aliphatic heterocycles. The number of anilines is 1. The number of nitrogens with one attached hydrogen (secondary N) is 1. The van der Waals surface area contributed by atoms with E-state index in [9.17, 15) is 18.0 Å². The van der Waals surface area contributed by atoms with Gasteiger partial charge in [0.15, 0.2) is 0 Å². The Morgan fingerprint density at radius 2 is 1.43 bits per heavy atom. The Morgan fingerprint density at radius 1 is 0.850 bits per heavy atom. The molecule has 2 amide bonds. The number of sulfonamides is 1. The van der Waals surface area contributed by atoms with Crippen LogP contribution in [0.1, 0.15) is 64.2 Å². The summed E-state index contributed by atoms with van der Waals surface area (Å²) >= 11 is 0. The summed E-state index contributed by atoms with van der Waals surface area (Å²) in [5.74, 6) is -0.531. The average Bonchev–Trinajstić information content (AvgIpc) is 2.89. The van der Waals surface area contributed by atoms with Gasteiger partial charge in [0.2, 0.25) is 11.8 Å². The molecule has 0 aromatic heterocycles. The van der Waals surface area contributed by atoms with Crippen molar-refractivity contribution in [1.82, 2.24) is 10.2 Å². The van der Waals surface area contributed by atoms with Crippen LogP contribution in [0.4, 0.5) is 5.69 Å². The van der Waals surface area contributed by atoms with Gasteiger partial charge in [-0.15, -0.1) is 0 Å². The molecule has 3 aromatic carbocycles. The minimum atomic E-state index is -4.09. The van der Waals surface area contributed by atoms with Gasteiger partial charge in [-0.25, -0.2) is 8.42 Å². The highest BCUT2D eigenvalue weighted by molar-refractivity contribution is 7.92. The predicted octanol–water partition coefficient (Wildman–Crippen LogP) is 5.65. The van der Waals surface area contributed by atoms with Crippen LogP contribution in [0.15, 0.2) is 83.8 Å². The van der Waals surface area contributed by atoms with Crippen LogP contribution >= 0.6 is 0 Å². The Bertz CT molecular complexity index is 1400. The number of rotatable bonds is 10. The van der Waals surface area contributed by atoms with Gasteiger partial charge in [0.1, 0.15) is 12.6 Å². The largest absolute Gasteiger partial charge is 0.350 e. The highest BCUT2D eigenvalue weighted by Crippen LogP contribution is 2.27. The lowest BCUT2D eigenvalue weighted by atomic mass is 10.0. The lowest BCUT2D eigenvalue weighted by Gasteiger charge is -2.33. The molecular weight excluding hydrogens is 522 g/mol. The Labute approximate surface area is 239 Å². The monoisotopic (exact) mass is 563 g/mol. The maximum absolute atomic E-state index is 14.0. The number of hydrogen-bond acceptors (Lipinski definition) is 4. The molecule has 0 fully saturated rings. The van der Waals surface area contributed by atoms with Crippen LogP contribution in [-0.2, 0) is 26.2 Å². The molecule has 3 rings (SSSR count). The standard InChI is InChI=1S/C32H41N3O4S/c1-23(2)27-15-17-28(18-16-27)35(40(38,39)29-19-13-24(3)14-20-29)22-30(36)34(21-26-11-9-8-10-12-26)25(4)31(37)33-32(5,6)7/h8-20,23,25H,21-22H2,1-7H3,(H,33,37)/t25-/m1/s1. The van der Waals surface area contributed by atoms with Crippen molar-refractivity contribution in [2.45, 2.75) is 77.4 Å². The Balaban J connectivity index is 2.04. The number of hydrogen-bond donors (Lipinski definition) is 1. The number of aryl methyl sites for hydroxylation is 1. The van der Waals surface area contributed by atoms with Crippen LogP contribution < -0.4 is 9.62 Å². The first-order valence-corrected chi connectivity index (χ1v) is 15.0. The van der Waals surface area contributed by atoms with Crippen LogP contribution in [0.5, 0.6) is 0 Å². The second-order valence-electron chi connectivity index (χ2n) is 11.5. The van der Waals surface area contributed by atoms with E-state index < -0.39 is 34.1 Å². The molecule has 0 bridgehead atoms. The van der Waals surface area contributed by atoms with Crippen LogP contribution in [0.3, 0.4) is 0 Å². The third kappa shape index (κ3) is 7.94. The van der Waals surface area contributed by atoms with Crippen molar-refractivity contribution >= 4 is 27.5 Å². The van der Waals surface area contributed by atoms with Crippen molar-refractivity contribution in [2.24, 2.45) is 0 Å². The van der Waals surface area contributed by atoms with E-state index in [4.69, 9.17) is 0 Å². The van der Waals surface area contributed by atoms with E-state index in [1.165, 1.54) is 4.90 Å². The normalized spacial score (nSPS) is 12.6. The lowest BCUT2D eigenvalue weighted by Crippen LogP contribution is -2.54. The van der Waals surface area contributed by atoms with E-state index in [0.717, 1.165) is 21.0 Å². The van der Waals surface area contributed by atoms with Crippen molar-refractivity contribution < 1.29 is 18.0 Å². The maximum atomic E-state index is 14.0. The van der Waals surface area contributed by atoms with E-state index >= 15 is 0 Å². The molecule has 8 heteroatoms. The fraction of sp³-hybridized carbons (Fsp3) is 0.375. The SMILES string of the molecule is Cc1ccc(S(=O)(=O)N(CC(=O)N(Cc2ccccc2)[C@H](C)C(=O)NC(C)(C)C)c2ccc(C(C)C)cc2)cc1. The zero-order valence-electron chi connectivity index (χ0n) is 24.5. The summed E-state index contributed by atoms with van der Waals surface area (Å²) in [4.78, 5) is 28.7. The first-order chi connectivity index (χ1) is 18.7. The highest BCUT2D eigenvalue weighted by atomic mass is 32.2. The fourth-order valence-electron chi connectivity index (χ4n) is 4.23. The minimum Gasteiger partial charge on any atom is -0.350 e. The van der Waals surface area contributed by atoms with Gasteiger partial charge >= 0.3 is 0 Å². The smallest absolute Gasteiger partial charge is 0.264 e. The summed E-state index contributed by atoms with van der Waals surface area (Å²) in [5, 5.41) is 2.94. The van der Waals surface area contributed by atoms with Gasteiger partial charge in [-0.2, -0.15) is 0 Å². The first-order valence-electron chi connectivity index (χ1n) is 13.5. The van der Waals surface area contributed by atoms with Crippen LogP contribution in [0, 0.1) is 6.92 Å². The average molecular weight is 564 g/mol. The fourth-order valence-corrected chi connectivity index (χ4v) is 5.64. The van der Waals surface area contributed by atoms with Gasteiger partial charge in [0, 0.05) is 12.1 Å². The number of benzene rings is 3. The second kappa shape index (κ2) is 12.7. The van der Waals surface area contributed by atoms with Crippen molar-refractivity contribution in [2.75, 3.05) is 10.8 Å². The zero-order valence-corrected chi connectivity index (χ0v) is 25.3. The van der Waals surface area contributed by atoms with E-state index in [1.54, 1.807) is 43.3 Å². The molecule has 7 nitrogen and oxygen atoms in total. The van der Waals surface area contributed by atoms with Crippen LogP contribution in [0.2, 0.25) is 0 Å². The van der Waals surface area contributed by atoms with Crippen LogP contribution in [-0.4, -0.2) is 43.3 Å². The van der Waals surface area contributed by atoms with E-state index in [1.807, 2.05) is 70.2 Å². The summed E-state index contributed by atoms with van der Waals surface area (Å²) in [7, 11) is -4.09. The number of carbonyl (C=O) groups is 2. The van der Waals surface area contributed by atoms with E-state index in [2.05, 4.69) is 19.2 Å².